The first-order chi connectivity index (χ1) is 20.5. The summed E-state index contributed by atoms with van der Waals surface area (Å²) in [5, 5.41) is 3.03. The molecule has 0 spiro atoms. The average Bonchev–Trinajstić information content (AvgIpc) is 2.96. The number of nitrogens with zero attached hydrogens (tertiary/aromatic N) is 2. The normalized spacial score (nSPS) is 17.3. The maximum atomic E-state index is 13.5. The van der Waals surface area contributed by atoms with Crippen LogP contribution in [0.25, 0.3) is 0 Å². The van der Waals surface area contributed by atoms with Crippen LogP contribution in [0.2, 0.25) is 10.0 Å². The third kappa shape index (κ3) is 7.47. The Hall–Kier alpha value is -3.77. The summed E-state index contributed by atoms with van der Waals surface area (Å²) in [4.78, 5) is 40.8. The van der Waals surface area contributed by atoms with Crippen molar-refractivity contribution in [3.05, 3.63) is 98.5 Å². The Morgan fingerprint density at radius 2 is 1.43 bits per heavy atom. The van der Waals surface area contributed by atoms with E-state index in [4.69, 9.17) is 23.2 Å². The van der Waals surface area contributed by atoms with Crippen LogP contribution in [0.4, 0.5) is 32.0 Å². The van der Waals surface area contributed by atoms with E-state index in [9.17, 15) is 40.7 Å². The van der Waals surface area contributed by atoms with Crippen molar-refractivity contribution in [1.82, 2.24) is 9.80 Å². The number of carbonyl (C=O) groups is 3. The number of hydrogen-bond acceptors (Lipinski definition) is 3. The molecule has 44 heavy (non-hydrogen) atoms. The van der Waals surface area contributed by atoms with Crippen molar-refractivity contribution in [2.75, 3.05) is 25.5 Å². The number of anilines is 1. The van der Waals surface area contributed by atoms with Crippen LogP contribution in [0.3, 0.4) is 0 Å². The van der Waals surface area contributed by atoms with Crippen LogP contribution in [-0.2, 0) is 17.1 Å². The summed E-state index contributed by atoms with van der Waals surface area (Å²) in [7, 11) is 1.29. The molecule has 3 aromatic rings. The second-order valence-corrected chi connectivity index (χ2v) is 11.2. The summed E-state index contributed by atoms with van der Waals surface area (Å²) in [5.74, 6) is -2.33. The zero-order chi connectivity index (χ0) is 32.6. The van der Waals surface area contributed by atoms with E-state index in [1.165, 1.54) is 37.1 Å². The number of likely N-dealkylation sites (N-methyl/N-ethyl adjacent to an activating group) is 1. The highest BCUT2D eigenvalue weighted by molar-refractivity contribution is 6.42. The van der Waals surface area contributed by atoms with Gasteiger partial charge in [0.2, 0.25) is 5.91 Å². The fraction of sp³-hybridized carbons (Fsp3) is 0.300. The average molecular weight is 660 g/mol. The van der Waals surface area contributed by atoms with E-state index in [2.05, 4.69) is 5.32 Å². The van der Waals surface area contributed by atoms with Crippen molar-refractivity contribution in [3.8, 4) is 0 Å². The number of benzene rings is 3. The molecule has 0 aromatic heterocycles. The van der Waals surface area contributed by atoms with Gasteiger partial charge in [0.1, 0.15) is 0 Å². The second kappa shape index (κ2) is 12.7. The lowest BCUT2D eigenvalue weighted by Gasteiger charge is -2.43. The molecule has 3 aromatic carbocycles. The van der Waals surface area contributed by atoms with E-state index in [1.54, 1.807) is 24.3 Å². The maximum absolute atomic E-state index is 13.5. The van der Waals surface area contributed by atoms with E-state index >= 15 is 0 Å². The first kappa shape index (κ1) is 33.1. The molecule has 1 heterocycles. The highest BCUT2D eigenvalue weighted by atomic mass is 35.5. The van der Waals surface area contributed by atoms with Crippen molar-refractivity contribution >= 4 is 46.6 Å². The van der Waals surface area contributed by atoms with Gasteiger partial charge in [0, 0.05) is 55.8 Å². The smallest absolute Gasteiger partial charge is 0.338 e. The lowest BCUT2D eigenvalue weighted by Crippen LogP contribution is -2.52. The lowest BCUT2D eigenvalue weighted by atomic mass is 9.84. The van der Waals surface area contributed by atoms with Gasteiger partial charge in [-0.25, -0.2) is 0 Å². The molecule has 1 aliphatic heterocycles. The van der Waals surface area contributed by atoms with Crippen molar-refractivity contribution in [1.29, 1.82) is 0 Å². The monoisotopic (exact) mass is 659 g/mol. The number of halogens is 8. The zero-order valence-corrected chi connectivity index (χ0v) is 24.7. The molecule has 3 amide bonds. The number of hydrogen-bond donors (Lipinski definition) is 1. The SMILES string of the molecule is CC(=O)Nc1ccc(C(=O)N2CC[C@@H](N(C)C(=O)c3cc(C(F)(F)F)cc(C(F)(F)F)c3)[C@H](c3ccc(Cl)c(Cl)c3)C2)cc1. The Morgan fingerprint density at radius 3 is 1.95 bits per heavy atom. The van der Waals surface area contributed by atoms with Gasteiger partial charge in [-0.1, -0.05) is 29.3 Å². The summed E-state index contributed by atoms with van der Waals surface area (Å²) in [5.41, 5.74) is -2.61. The van der Waals surface area contributed by atoms with Crippen molar-refractivity contribution in [3.63, 3.8) is 0 Å². The lowest BCUT2D eigenvalue weighted by molar-refractivity contribution is -0.143. The Labute approximate surface area is 258 Å². The van der Waals surface area contributed by atoms with E-state index < -0.39 is 46.9 Å². The zero-order valence-electron chi connectivity index (χ0n) is 23.2. The quantitative estimate of drug-likeness (QED) is 0.285. The van der Waals surface area contributed by atoms with Gasteiger partial charge in [-0.2, -0.15) is 26.3 Å². The van der Waals surface area contributed by atoms with Gasteiger partial charge >= 0.3 is 12.4 Å². The topological polar surface area (TPSA) is 69.7 Å². The molecule has 1 N–H and O–H groups in total. The third-order valence-corrected chi connectivity index (χ3v) is 8.08. The van der Waals surface area contributed by atoms with Crippen LogP contribution < -0.4 is 5.32 Å². The Bertz CT molecular complexity index is 1550. The number of rotatable bonds is 5. The largest absolute Gasteiger partial charge is 0.416 e. The molecule has 0 unspecified atom stereocenters. The molecule has 0 bridgehead atoms. The molecule has 4 rings (SSSR count). The predicted molar refractivity (Wildman–Crippen MR) is 153 cm³/mol. The molecule has 6 nitrogen and oxygen atoms in total. The Balaban J connectivity index is 1.67. The molecular formula is C30H25Cl2F6N3O3. The summed E-state index contributed by atoms with van der Waals surface area (Å²) in [6, 6.07) is 10.9. The molecular weight excluding hydrogens is 635 g/mol. The highest BCUT2D eigenvalue weighted by Gasteiger charge is 2.40. The van der Waals surface area contributed by atoms with Crippen LogP contribution in [0, 0.1) is 0 Å². The Kier molecular flexibility index (Phi) is 9.55. The number of alkyl halides is 6. The first-order valence-corrected chi connectivity index (χ1v) is 13.9. The molecule has 2 atom stereocenters. The van der Waals surface area contributed by atoms with Crippen molar-refractivity contribution in [2.45, 2.75) is 37.7 Å². The van der Waals surface area contributed by atoms with Crippen molar-refractivity contribution < 1.29 is 40.7 Å². The molecule has 0 radical (unpaired) electrons. The number of carbonyl (C=O) groups excluding carboxylic acids is 3. The highest BCUT2D eigenvalue weighted by Crippen LogP contribution is 2.38. The van der Waals surface area contributed by atoms with Gasteiger partial charge in [0.15, 0.2) is 0 Å². The summed E-state index contributed by atoms with van der Waals surface area (Å²) in [6.07, 6.45) is -10.1. The van der Waals surface area contributed by atoms with Gasteiger partial charge in [-0.05, 0) is 66.6 Å². The number of nitrogens with one attached hydrogen (secondary N) is 1. The van der Waals surface area contributed by atoms with Crippen LogP contribution in [0.15, 0.2) is 60.7 Å². The van der Waals surface area contributed by atoms with Crippen LogP contribution >= 0.6 is 23.2 Å². The summed E-state index contributed by atoms with van der Waals surface area (Å²) >= 11 is 12.3. The van der Waals surface area contributed by atoms with Crippen LogP contribution in [0.5, 0.6) is 0 Å². The standard InChI is InChI=1S/C30H25Cl2F6N3O3/c1-16(42)39-22-6-3-17(4-7-22)28(44)41-10-9-26(23(15-41)18-5-8-24(31)25(32)13-18)40(2)27(43)19-11-20(29(33,34)35)14-21(12-19)30(36,37)38/h3-8,11-14,23,26H,9-10,15H2,1-2H3,(H,39,42)/t23-,26+/m0/s1. The molecule has 1 saturated heterocycles. The van der Waals surface area contributed by atoms with Gasteiger partial charge in [-0.15, -0.1) is 0 Å². The van der Waals surface area contributed by atoms with Crippen LogP contribution in [-0.4, -0.2) is 53.7 Å². The Morgan fingerprint density at radius 1 is 0.841 bits per heavy atom. The fourth-order valence-electron chi connectivity index (χ4n) is 5.17. The first-order valence-electron chi connectivity index (χ1n) is 13.1. The molecule has 1 aliphatic rings. The van der Waals surface area contributed by atoms with Crippen molar-refractivity contribution in [2.24, 2.45) is 0 Å². The molecule has 14 heteroatoms. The van der Waals surface area contributed by atoms with E-state index in [-0.39, 0.29) is 47.4 Å². The number of piperidine rings is 1. The van der Waals surface area contributed by atoms with Crippen LogP contribution in [0.1, 0.15) is 56.7 Å². The third-order valence-electron chi connectivity index (χ3n) is 7.34. The molecule has 234 valence electrons. The van der Waals surface area contributed by atoms with E-state index in [0.717, 1.165) is 4.90 Å². The number of amides is 3. The van der Waals surface area contributed by atoms with Gasteiger partial charge in [0.05, 0.1) is 21.2 Å². The molecule has 0 aliphatic carbocycles. The molecule has 1 fully saturated rings. The second-order valence-electron chi connectivity index (χ2n) is 10.4. The van der Waals surface area contributed by atoms with Gasteiger partial charge in [-0.3, -0.25) is 14.4 Å². The molecule has 0 saturated carbocycles. The van der Waals surface area contributed by atoms with E-state index in [0.29, 0.717) is 28.9 Å². The predicted octanol–water partition coefficient (Wildman–Crippen LogP) is 7.76. The minimum Gasteiger partial charge on any atom is -0.338 e. The van der Waals surface area contributed by atoms with Gasteiger partial charge < -0.3 is 15.1 Å². The fourth-order valence-corrected chi connectivity index (χ4v) is 5.48. The van der Waals surface area contributed by atoms with Gasteiger partial charge in [0.25, 0.3) is 11.8 Å². The number of likely N-dealkylation sites (tertiary alicyclic amines) is 1. The maximum Gasteiger partial charge on any atom is 0.416 e. The summed E-state index contributed by atoms with van der Waals surface area (Å²) < 4.78 is 80.8. The van der Waals surface area contributed by atoms with E-state index in [1.807, 2.05) is 0 Å². The minimum absolute atomic E-state index is 0.0396. The summed E-state index contributed by atoms with van der Waals surface area (Å²) in [6.45, 7) is 1.52. The minimum atomic E-state index is -5.12.